The Kier molecular flexibility index (Phi) is 8.30. The van der Waals surface area contributed by atoms with Crippen LogP contribution >= 0.6 is 0 Å². The summed E-state index contributed by atoms with van der Waals surface area (Å²) in [6.45, 7) is 2.55. The Morgan fingerprint density at radius 2 is 1.42 bits per heavy atom. The predicted molar refractivity (Wildman–Crippen MR) is 129 cm³/mol. The van der Waals surface area contributed by atoms with Gasteiger partial charge in [0.25, 0.3) is 5.91 Å². The number of anilines is 2. The zero-order valence-corrected chi connectivity index (χ0v) is 19.0. The van der Waals surface area contributed by atoms with E-state index >= 15 is 0 Å². The van der Waals surface area contributed by atoms with Crippen molar-refractivity contribution in [3.63, 3.8) is 0 Å². The van der Waals surface area contributed by atoms with E-state index in [1.54, 1.807) is 36.4 Å². The molecule has 0 spiro atoms. The maximum atomic E-state index is 12.6. The highest BCUT2D eigenvalue weighted by Gasteiger charge is 2.16. The maximum Gasteiger partial charge on any atom is 0.255 e. The van der Waals surface area contributed by atoms with Crippen molar-refractivity contribution < 1.29 is 23.8 Å². The normalized spacial score (nSPS) is 10.3. The van der Waals surface area contributed by atoms with Gasteiger partial charge in [0.05, 0.1) is 32.2 Å². The lowest BCUT2D eigenvalue weighted by Crippen LogP contribution is -2.15. The van der Waals surface area contributed by atoms with Crippen molar-refractivity contribution in [3.8, 4) is 17.2 Å². The van der Waals surface area contributed by atoms with Gasteiger partial charge in [-0.05, 0) is 43.2 Å². The minimum Gasteiger partial charge on any atom is -0.494 e. The lowest BCUT2D eigenvalue weighted by Gasteiger charge is -2.16. The molecule has 0 saturated carbocycles. The lowest BCUT2D eigenvalue weighted by atomic mass is 10.1. The van der Waals surface area contributed by atoms with E-state index in [1.807, 2.05) is 37.3 Å². The van der Waals surface area contributed by atoms with Crippen LogP contribution < -0.4 is 24.8 Å². The van der Waals surface area contributed by atoms with Crippen molar-refractivity contribution in [2.45, 2.75) is 19.8 Å². The van der Waals surface area contributed by atoms with E-state index in [4.69, 9.17) is 14.2 Å². The number of hydrogen-bond donors (Lipinski definition) is 2. The standard InChI is InChI=1S/C26H28N2O5/c1-4-33-20-13-10-18(11-14-20)12-15-25(29)27-21-16-24(32-3)22(17-23(21)31-2)28-26(30)19-8-6-5-7-9-19/h5-11,13-14,16-17H,4,12,15H2,1-3H3,(H,27,29)(H,28,30). The van der Waals surface area contributed by atoms with Crippen LogP contribution in [0.25, 0.3) is 0 Å². The second kappa shape index (κ2) is 11.6. The Labute approximate surface area is 193 Å². The molecule has 0 aromatic heterocycles. The van der Waals surface area contributed by atoms with Crippen LogP contribution in [0.4, 0.5) is 11.4 Å². The Balaban J connectivity index is 1.68. The summed E-state index contributed by atoms with van der Waals surface area (Å²) in [4.78, 5) is 25.1. The fourth-order valence-electron chi connectivity index (χ4n) is 3.27. The molecule has 2 amide bonds. The summed E-state index contributed by atoms with van der Waals surface area (Å²) in [6.07, 6.45) is 0.884. The van der Waals surface area contributed by atoms with E-state index in [2.05, 4.69) is 10.6 Å². The second-order valence-electron chi connectivity index (χ2n) is 7.20. The summed E-state index contributed by atoms with van der Waals surface area (Å²) < 4.78 is 16.3. The minimum absolute atomic E-state index is 0.162. The average molecular weight is 449 g/mol. The molecule has 0 bridgehead atoms. The molecule has 0 aliphatic heterocycles. The number of carbonyl (C=O) groups excluding carboxylic acids is 2. The largest absolute Gasteiger partial charge is 0.494 e. The molecule has 3 aromatic rings. The number of aryl methyl sites for hydroxylation is 1. The third kappa shape index (κ3) is 6.49. The van der Waals surface area contributed by atoms with Crippen molar-refractivity contribution in [1.29, 1.82) is 0 Å². The van der Waals surface area contributed by atoms with Gasteiger partial charge in [-0.1, -0.05) is 30.3 Å². The smallest absolute Gasteiger partial charge is 0.255 e. The van der Waals surface area contributed by atoms with Crippen LogP contribution in [0, 0.1) is 0 Å². The van der Waals surface area contributed by atoms with Gasteiger partial charge in [-0.25, -0.2) is 0 Å². The molecule has 2 N–H and O–H groups in total. The molecular formula is C26H28N2O5. The average Bonchev–Trinajstić information content (AvgIpc) is 2.84. The minimum atomic E-state index is -0.275. The first kappa shape index (κ1) is 23.7. The molecule has 0 saturated heterocycles. The van der Waals surface area contributed by atoms with Crippen LogP contribution in [0.15, 0.2) is 66.7 Å². The number of amides is 2. The van der Waals surface area contributed by atoms with E-state index in [0.29, 0.717) is 47.9 Å². The van der Waals surface area contributed by atoms with E-state index in [1.165, 1.54) is 14.2 Å². The van der Waals surface area contributed by atoms with Crippen LogP contribution in [-0.4, -0.2) is 32.6 Å². The molecule has 33 heavy (non-hydrogen) atoms. The van der Waals surface area contributed by atoms with Gasteiger partial charge in [0.15, 0.2) is 0 Å². The van der Waals surface area contributed by atoms with Gasteiger partial charge in [0.2, 0.25) is 5.91 Å². The summed E-state index contributed by atoms with van der Waals surface area (Å²) in [7, 11) is 3.00. The van der Waals surface area contributed by atoms with Gasteiger partial charge in [-0.15, -0.1) is 0 Å². The van der Waals surface area contributed by atoms with Crippen LogP contribution in [0.5, 0.6) is 17.2 Å². The summed E-state index contributed by atoms with van der Waals surface area (Å²) in [5.41, 5.74) is 2.46. The second-order valence-corrected chi connectivity index (χ2v) is 7.20. The van der Waals surface area contributed by atoms with Crippen LogP contribution in [-0.2, 0) is 11.2 Å². The predicted octanol–water partition coefficient (Wildman–Crippen LogP) is 4.93. The molecule has 0 aliphatic carbocycles. The maximum absolute atomic E-state index is 12.6. The first-order chi connectivity index (χ1) is 16.0. The molecule has 7 heteroatoms. The third-order valence-electron chi connectivity index (χ3n) is 4.95. The van der Waals surface area contributed by atoms with E-state index in [-0.39, 0.29) is 11.8 Å². The molecule has 0 atom stereocenters. The van der Waals surface area contributed by atoms with Crippen molar-refractivity contribution >= 4 is 23.2 Å². The van der Waals surface area contributed by atoms with Gasteiger partial charge in [-0.3, -0.25) is 9.59 Å². The quantitative estimate of drug-likeness (QED) is 0.460. The molecule has 0 unspecified atom stereocenters. The Bertz CT molecular complexity index is 1080. The lowest BCUT2D eigenvalue weighted by molar-refractivity contribution is -0.116. The third-order valence-corrected chi connectivity index (χ3v) is 4.95. The molecule has 3 aromatic carbocycles. The van der Waals surface area contributed by atoms with Crippen LogP contribution in [0.1, 0.15) is 29.3 Å². The highest BCUT2D eigenvalue weighted by Crippen LogP contribution is 2.36. The zero-order valence-electron chi connectivity index (χ0n) is 19.0. The Hall–Kier alpha value is -4.00. The Morgan fingerprint density at radius 1 is 0.818 bits per heavy atom. The first-order valence-corrected chi connectivity index (χ1v) is 10.7. The zero-order chi connectivity index (χ0) is 23.6. The van der Waals surface area contributed by atoms with Gasteiger partial charge < -0.3 is 24.8 Å². The topological polar surface area (TPSA) is 85.9 Å². The molecular weight excluding hydrogens is 420 g/mol. The molecule has 0 fully saturated rings. The number of nitrogens with one attached hydrogen (secondary N) is 2. The van der Waals surface area contributed by atoms with Gasteiger partial charge in [0.1, 0.15) is 17.2 Å². The number of methoxy groups -OCH3 is 2. The van der Waals surface area contributed by atoms with Crippen molar-refractivity contribution in [1.82, 2.24) is 0 Å². The van der Waals surface area contributed by atoms with Crippen LogP contribution in [0.3, 0.4) is 0 Å². The monoisotopic (exact) mass is 448 g/mol. The fourth-order valence-corrected chi connectivity index (χ4v) is 3.27. The first-order valence-electron chi connectivity index (χ1n) is 10.7. The van der Waals surface area contributed by atoms with Gasteiger partial charge >= 0.3 is 0 Å². The van der Waals surface area contributed by atoms with Crippen molar-refractivity contribution in [2.24, 2.45) is 0 Å². The van der Waals surface area contributed by atoms with E-state index < -0.39 is 0 Å². The SMILES string of the molecule is CCOc1ccc(CCC(=O)Nc2cc(OC)c(NC(=O)c3ccccc3)cc2OC)cc1. The fraction of sp³-hybridized carbons (Fsp3) is 0.231. The molecule has 0 aliphatic rings. The van der Waals surface area contributed by atoms with E-state index in [9.17, 15) is 9.59 Å². The summed E-state index contributed by atoms with van der Waals surface area (Å²) in [5, 5.41) is 5.70. The number of hydrogen-bond acceptors (Lipinski definition) is 5. The summed E-state index contributed by atoms with van der Waals surface area (Å²) >= 11 is 0. The number of carbonyl (C=O) groups is 2. The molecule has 0 heterocycles. The van der Waals surface area contributed by atoms with E-state index in [0.717, 1.165) is 11.3 Å². The van der Waals surface area contributed by atoms with Gasteiger partial charge in [-0.2, -0.15) is 0 Å². The van der Waals surface area contributed by atoms with Crippen LogP contribution in [0.2, 0.25) is 0 Å². The summed E-state index contributed by atoms with van der Waals surface area (Å²) in [6, 6.07) is 19.8. The number of benzene rings is 3. The molecule has 0 radical (unpaired) electrons. The Morgan fingerprint density at radius 3 is 2.00 bits per heavy atom. The van der Waals surface area contributed by atoms with Crippen molar-refractivity contribution in [3.05, 3.63) is 77.9 Å². The van der Waals surface area contributed by atoms with Gasteiger partial charge in [0, 0.05) is 24.1 Å². The number of rotatable bonds is 10. The van der Waals surface area contributed by atoms with Crippen molar-refractivity contribution in [2.75, 3.05) is 31.5 Å². The highest BCUT2D eigenvalue weighted by atomic mass is 16.5. The molecule has 172 valence electrons. The summed E-state index contributed by atoms with van der Waals surface area (Å²) in [5.74, 6) is 1.19. The highest BCUT2D eigenvalue weighted by molar-refractivity contribution is 6.05. The number of ether oxygens (including phenoxy) is 3. The molecule has 3 rings (SSSR count). The molecule has 7 nitrogen and oxygen atoms in total.